The Morgan fingerprint density at radius 1 is 1.24 bits per heavy atom. The molecule has 1 aromatic carbocycles. The number of benzene rings is 1. The van der Waals surface area contributed by atoms with Gasteiger partial charge in [-0.05, 0) is 42.8 Å². The van der Waals surface area contributed by atoms with Gasteiger partial charge in [-0.25, -0.2) is 4.98 Å². The van der Waals surface area contributed by atoms with Crippen molar-refractivity contribution < 1.29 is 18.3 Å². The Kier molecular flexibility index (Phi) is 5.41. The zero-order valence-corrected chi connectivity index (χ0v) is 18.2. The summed E-state index contributed by atoms with van der Waals surface area (Å²) in [6.45, 7) is 3.83. The molecule has 2 fully saturated rings. The van der Waals surface area contributed by atoms with Crippen molar-refractivity contribution >= 4 is 29.0 Å². The number of anilines is 2. The molecule has 0 atom stereocenters. The van der Waals surface area contributed by atoms with E-state index in [0.29, 0.717) is 16.7 Å². The maximum atomic E-state index is 12.9. The first-order valence-electron chi connectivity index (χ1n) is 10.4. The minimum atomic E-state index is -3.80. The van der Waals surface area contributed by atoms with Crippen LogP contribution in [0, 0.1) is 5.41 Å². The van der Waals surface area contributed by atoms with Crippen LogP contribution in [-0.2, 0) is 0 Å². The first kappa shape index (κ1) is 21.6. The Balaban J connectivity index is 1.36. The number of aromatic amines is 1. The summed E-state index contributed by atoms with van der Waals surface area (Å²) in [5, 5.41) is 13.1. The predicted molar refractivity (Wildman–Crippen MR) is 120 cm³/mol. The highest BCUT2D eigenvalue weighted by Gasteiger charge is 2.43. The van der Waals surface area contributed by atoms with Crippen molar-refractivity contribution in [2.75, 3.05) is 36.4 Å². The maximum Gasteiger partial charge on any atom is 0.487 e. The number of ether oxygens (including phenoxy) is 1. The zero-order chi connectivity index (χ0) is 23.1. The van der Waals surface area contributed by atoms with Crippen LogP contribution in [0.15, 0.2) is 48.8 Å². The van der Waals surface area contributed by atoms with Gasteiger partial charge < -0.3 is 20.3 Å². The fourth-order valence-corrected chi connectivity index (χ4v) is 4.35. The van der Waals surface area contributed by atoms with Crippen LogP contribution in [-0.4, -0.2) is 52.8 Å². The number of nitrogens with one attached hydrogen (secondary N) is 3. The van der Waals surface area contributed by atoms with Gasteiger partial charge in [0.1, 0.15) is 11.6 Å². The molecule has 2 aliphatic rings. The quantitative estimate of drug-likeness (QED) is 0.472. The molecule has 33 heavy (non-hydrogen) atoms. The number of alkyl halides is 3. The number of hydrogen-bond donors (Lipinski definition) is 3. The van der Waals surface area contributed by atoms with Crippen LogP contribution >= 0.6 is 11.6 Å². The van der Waals surface area contributed by atoms with Gasteiger partial charge in [-0.15, -0.1) is 8.78 Å². The minimum Gasteiger partial charge on any atom is -0.420 e. The second kappa shape index (κ2) is 8.27. The van der Waals surface area contributed by atoms with Gasteiger partial charge >= 0.3 is 5.57 Å². The average molecular weight is 475 g/mol. The van der Waals surface area contributed by atoms with E-state index in [1.54, 1.807) is 18.5 Å². The van der Waals surface area contributed by atoms with Crippen LogP contribution in [0.3, 0.4) is 0 Å². The number of pyridine rings is 1. The number of halogens is 3. The second-order valence-corrected chi connectivity index (χ2v) is 8.81. The number of aromatic nitrogens is 3. The van der Waals surface area contributed by atoms with Crippen LogP contribution in [0.4, 0.5) is 20.3 Å². The smallest absolute Gasteiger partial charge is 0.420 e. The summed E-state index contributed by atoms with van der Waals surface area (Å²) >= 11 is 4.77. The van der Waals surface area contributed by atoms with Crippen molar-refractivity contribution in [2.45, 2.75) is 12.0 Å². The molecule has 2 aromatic heterocycles. The zero-order valence-electron chi connectivity index (χ0n) is 17.4. The normalized spacial score (nSPS) is 17.1. The largest absolute Gasteiger partial charge is 0.487 e. The number of hydrogen-bond acceptors (Lipinski definition) is 6. The number of rotatable bonds is 6. The molecular weight excluding hydrogens is 454 g/mol. The molecular formula is C22H21ClF2N6O2. The molecule has 4 heterocycles. The van der Waals surface area contributed by atoms with E-state index in [2.05, 4.69) is 35.5 Å². The third kappa shape index (κ3) is 4.62. The van der Waals surface area contributed by atoms with Gasteiger partial charge in [-0.1, -0.05) is 0 Å². The minimum absolute atomic E-state index is 0.120. The second-order valence-electron chi connectivity index (χ2n) is 8.37. The first-order chi connectivity index (χ1) is 15.8. The number of amides is 1. The van der Waals surface area contributed by atoms with Crippen molar-refractivity contribution in [2.24, 2.45) is 5.41 Å². The third-order valence-electron chi connectivity index (χ3n) is 6.00. The molecule has 2 aliphatic heterocycles. The van der Waals surface area contributed by atoms with E-state index in [1.165, 1.54) is 24.3 Å². The lowest BCUT2D eigenvalue weighted by Crippen LogP contribution is -2.54. The van der Waals surface area contributed by atoms with E-state index in [4.69, 9.17) is 11.6 Å². The van der Waals surface area contributed by atoms with Crippen LogP contribution in [0.5, 0.6) is 5.75 Å². The molecule has 8 nitrogen and oxygen atoms in total. The third-order valence-corrected chi connectivity index (χ3v) is 6.08. The van der Waals surface area contributed by atoms with Gasteiger partial charge in [0.25, 0.3) is 5.91 Å². The molecule has 1 amide bonds. The monoisotopic (exact) mass is 474 g/mol. The van der Waals surface area contributed by atoms with Gasteiger partial charge in [-0.3, -0.25) is 9.89 Å². The lowest BCUT2D eigenvalue weighted by molar-refractivity contribution is -0.0964. The Morgan fingerprint density at radius 3 is 2.64 bits per heavy atom. The van der Waals surface area contributed by atoms with E-state index in [1.807, 2.05) is 6.07 Å². The Bertz CT molecular complexity index is 1150. The van der Waals surface area contributed by atoms with Crippen molar-refractivity contribution in [1.82, 2.24) is 20.5 Å². The van der Waals surface area contributed by atoms with Gasteiger partial charge in [0.05, 0.1) is 11.3 Å². The molecule has 3 aromatic rings. The number of carbonyl (C=O) groups is 1. The lowest BCUT2D eigenvalue weighted by Gasteiger charge is -2.39. The van der Waals surface area contributed by atoms with Gasteiger partial charge in [0.15, 0.2) is 0 Å². The Morgan fingerprint density at radius 2 is 2.03 bits per heavy atom. The molecule has 5 rings (SSSR count). The van der Waals surface area contributed by atoms with Gasteiger partial charge in [0, 0.05) is 66.8 Å². The molecule has 3 N–H and O–H groups in total. The maximum absolute atomic E-state index is 12.9. The van der Waals surface area contributed by atoms with Crippen molar-refractivity contribution in [3.8, 4) is 17.0 Å². The predicted octanol–water partition coefficient (Wildman–Crippen LogP) is 3.69. The SMILES string of the molecule is O=C(Nc1ccc(OC(F)(F)Cl)cc1)c1cnc(N2CCC3(CNC3)C2)c(-c2ccn[nH]2)c1. The first-order valence-corrected chi connectivity index (χ1v) is 10.8. The molecule has 1 spiro atoms. The number of carbonyl (C=O) groups excluding carboxylic acids is 1. The van der Waals surface area contributed by atoms with Gasteiger partial charge in [-0.2, -0.15) is 5.10 Å². The lowest BCUT2D eigenvalue weighted by atomic mass is 9.81. The van der Waals surface area contributed by atoms with E-state index >= 15 is 0 Å². The van der Waals surface area contributed by atoms with Crippen molar-refractivity contribution in [1.29, 1.82) is 0 Å². The summed E-state index contributed by atoms with van der Waals surface area (Å²) in [5.74, 6) is 0.306. The molecule has 0 bridgehead atoms. The Hall–Kier alpha value is -3.24. The molecule has 0 aliphatic carbocycles. The van der Waals surface area contributed by atoms with Crippen LogP contribution in [0.1, 0.15) is 16.8 Å². The van der Waals surface area contributed by atoms with Crippen LogP contribution < -0.4 is 20.3 Å². The average Bonchev–Trinajstić information content (AvgIpc) is 3.44. The molecule has 0 unspecified atom stereocenters. The topological polar surface area (TPSA) is 95.2 Å². The van der Waals surface area contributed by atoms with E-state index in [0.717, 1.165) is 49.7 Å². The fraction of sp³-hybridized carbons (Fsp3) is 0.318. The number of H-pyrrole nitrogens is 1. The van der Waals surface area contributed by atoms with E-state index in [9.17, 15) is 13.6 Å². The van der Waals surface area contributed by atoms with Crippen molar-refractivity contribution in [3.05, 3.63) is 54.4 Å². The fourth-order valence-electron chi connectivity index (χ4n) is 4.26. The molecule has 0 radical (unpaired) electrons. The summed E-state index contributed by atoms with van der Waals surface area (Å²) < 4.78 is 29.8. The van der Waals surface area contributed by atoms with E-state index in [-0.39, 0.29) is 11.7 Å². The highest BCUT2D eigenvalue weighted by Crippen LogP contribution is 2.39. The highest BCUT2D eigenvalue weighted by molar-refractivity contribution is 6.20. The van der Waals surface area contributed by atoms with Crippen LogP contribution in [0.2, 0.25) is 0 Å². The van der Waals surface area contributed by atoms with Crippen molar-refractivity contribution in [3.63, 3.8) is 0 Å². The highest BCUT2D eigenvalue weighted by atomic mass is 35.5. The summed E-state index contributed by atoms with van der Waals surface area (Å²) in [4.78, 5) is 19.8. The van der Waals surface area contributed by atoms with Gasteiger partial charge in [0.2, 0.25) is 0 Å². The summed E-state index contributed by atoms with van der Waals surface area (Å²) in [6.07, 6.45) is 4.29. The molecule has 11 heteroatoms. The molecule has 2 saturated heterocycles. The number of nitrogens with zero attached hydrogens (tertiary/aromatic N) is 3. The summed E-state index contributed by atoms with van der Waals surface area (Å²) in [7, 11) is 0. The summed E-state index contributed by atoms with van der Waals surface area (Å²) in [6, 6.07) is 9.10. The Labute approximate surface area is 193 Å². The van der Waals surface area contributed by atoms with E-state index < -0.39 is 5.57 Å². The molecule has 172 valence electrons. The van der Waals surface area contributed by atoms with Crippen LogP contribution in [0.25, 0.3) is 11.3 Å². The standard InChI is InChI=1S/C22H21ClF2N6O2/c23-22(24,25)33-16-3-1-15(2-4-16)29-20(32)14-9-17(18-5-7-28-30-18)19(27-10-14)31-8-6-21(13-31)11-26-12-21/h1-5,7,9-10,26H,6,8,11-13H2,(H,28,30)(H,29,32). The molecule has 0 saturated carbocycles. The summed E-state index contributed by atoms with van der Waals surface area (Å²) in [5.41, 5.74) is -1.18.